The SMILES string of the molecule is CC(=O)N[C@@H](CS)C(=O)N[C@@H](CCCCN)C(=O)N[C@@H](CCCCN)C(=O)N[C@@H](Cc1cnc[nH]1)C(=O)N[C@@H](CS)C(=O)N[C@@H](CCC(=O)O)C(=O)N[C@@H](CCCCN)C(=O)N[C@@H](CC(N)=O)C(=O)N[C@@H](Cc1c[nH]c2ccccc12)C(=O)N[C@@H](Cc1ccccc1)C(N)=O. The van der Waals surface area contributed by atoms with Crippen molar-refractivity contribution in [3.63, 3.8) is 0 Å². The maximum absolute atomic E-state index is 14.4. The van der Waals surface area contributed by atoms with Gasteiger partial charge in [-0.25, -0.2) is 4.98 Å². The molecule has 23 N–H and O–H groups in total. The van der Waals surface area contributed by atoms with Crippen LogP contribution in [0, 0.1) is 0 Å². The van der Waals surface area contributed by atoms with Gasteiger partial charge in [-0.1, -0.05) is 48.5 Å². The predicted molar refractivity (Wildman–Crippen MR) is 356 cm³/mol. The van der Waals surface area contributed by atoms with Crippen molar-refractivity contribution < 1.29 is 67.4 Å². The van der Waals surface area contributed by atoms with Gasteiger partial charge in [0.25, 0.3) is 0 Å². The van der Waals surface area contributed by atoms with Gasteiger partial charge in [0.05, 0.1) is 12.7 Å². The van der Waals surface area contributed by atoms with Gasteiger partial charge in [0.1, 0.15) is 60.4 Å². The third-order valence-electron chi connectivity index (χ3n) is 15.0. The highest BCUT2D eigenvalue weighted by atomic mass is 32.1. The topological polar surface area (TPSA) is 537 Å². The zero-order valence-electron chi connectivity index (χ0n) is 52.8. The Balaban J connectivity index is 1.59. The minimum Gasteiger partial charge on any atom is -0.481 e. The average molecular weight is 1360 g/mol. The van der Waals surface area contributed by atoms with Gasteiger partial charge in [-0.15, -0.1) is 0 Å². The summed E-state index contributed by atoms with van der Waals surface area (Å²) in [4.78, 5) is 187. The molecule has 4 aromatic rings. The van der Waals surface area contributed by atoms with Crippen molar-refractivity contribution in [2.75, 3.05) is 31.1 Å². The van der Waals surface area contributed by atoms with Crippen molar-refractivity contribution >= 4 is 113 Å². The number of H-pyrrole nitrogens is 2. The summed E-state index contributed by atoms with van der Waals surface area (Å²) in [7, 11) is 0. The highest BCUT2D eigenvalue weighted by molar-refractivity contribution is 7.80. The molecular weight excluding hydrogens is 1270 g/mol. The first-order valence-electron chi connectivity index (χ1n) is 31.1. The first kappa shape index (κ1) is 78.3. The van der Waals surface area contributed by atoms with Crippen LogP contribution in [0.1, 0.15) is 101 Å². The van der Waals surface area contributed by atoms with Crippen LogP contribution < -0.4 is 81.8 Å². The Hall–Kier alpha value is -9.12. The van der Waals surface area contributed by atoms with E-state index in [4.69, 9.17) is 28.7 Å². The van der Waals surface area contributed by atoms with Crippen LogP contribution in [0.5, 0.6) is 0 Å². The first-order chi connectivity index (χ1) is 45.4. The number of benzene rings is 2. The van der Waals surface area contributed by atoms with E-state index in [1.54, 1.807) is 60.8 Å². The van der Waals surface area contributed by atoms with Gasteiger partial charge < -0.3 is 96.9 Å². The number of carbonyl (C=O) groups excluding carboxylic acids is 12. The molecule has 0 aliphatic rings. The van der Waals surface area contributed by atoms with Crippen LogP contribution in [0.2, 0.25) is 0 Å². The number of carboxylic acid groups (broad SMARTS) is 1. The second-order valence-corrected chi connectivity index (χ2v) is 23.3. The van der Waals surface area contributed by atoms with Gasteiger partial charge >= 0.3 is 5.97 Å². The number of imidazole rings is 1. The summed E-state index contributed by atoms with van der Waals surface area (Å²) in [5, 5.41) is 35.9. The lowest BCUT2D eigenvalue weighted by Crippen LogP contribution is -2.61. The van der Waals surface area contributed by atoms with Crippen LogP contribution in [0.15, 0.2) is 73.3 Å². The molecule has 4 rings (SSSR count). The minimum absolute atomic E-state index is 0.00698. The lowest BCUT2D eigenvalue weighted by Gasteiger charge is -2.28. The predicted octanol–water partition coefficient (Wildman–Crippen LogP) is -3.74. The largest absolute Gasteiger partial charge is 0.481 e. The number of aromatic amines is 2. The number of hydrogen-bond acceptors (Lipinski definition) is 19. The summed E-state index contributed by atoms with van der Waals surface area (Å²) < 4.78 is 0. The van der Waals surface area contributed by atoms with Crippen molar-refractivity contribution in [3.8, 4) is 0 Å². The van der Waals surface area contributed by atoms with E-state index in [1.807, 2.05) is 0 Å². The monoisotopic (exact) mass is 1360 g/mol. The molecule has 2 heterocycles. The number of primary amides is 2. The van der Waals surface area contributed by atoms with E-state index in [1.165, 1.54) is 19.4 Å². The Morgan fingerprint density at radius 1 is 0.474 bits per heavy atom. The van der Waals surface area contributed by atoms with Gasteiger partial charge in [-0.3, -0.25) is 62.3 Å². The molecule has 2 aromatic carbocycles. The number of aromatic nitrogens is 3. The van der Waals surface area contributed by atoms with E-state index in [-0.39, 0.29) is 70.3 Å². The quantitative estimate of drug-likeness (QED) is 0.0149. The molecule has 95 heavy (non-hydrogen) atoms. The fourth-order valence-electron chi connectivity index (χ4n) is 9.94. The second-order valence-electron chi connectivity index (χ2n) is 22.6. The number of unbranched alkanes of at least 4 members (excludes halogenated alkanes) is 3. The molecule has 0 aliphatic carbocycles. The van der Waals surface area contributed by atoms with Crippen molar-refractivity contribution in [1.29, 1.82) is 0 Å². The summed E-state index contributed by atoms with van der Waals surface area (Å²) >= 11 is 8.44. The molecule has 12 amide bonds. The number of rotatable bonds is 45. The van der Waals surface area contributed by atoms with Gasteiger partial charge in [-0.2, -0.15) is 25.3 Å². The van der Waals surface area contributed by atoms with E-state index in [0.29, 0.717) is 59.8 Å². The number of fused-ring (bicyclic) bond motifs is 1. The number of carbonyl (C=O) groups is 13. The van der Waals surface area contributed by atoms with Crippen LogP contribution in [-0.2, 0) is 81.6 Å². The first-order valence-corrected chi connectivity index (χ1v) is 32.4. The Kier molecular flexibility index (Phi) is 34.3. The summed E-state index contributed by atoms with van der Waals surface area (Å²) in [5.41, 5.74) is 30.8. The lowest BCUT2D eigenvalue weighted by molar-refractivity contribution is -0.139. The molecular formula is C61H90N18O14S2. The highest BCUT2D eigenvalue weighted by Gasteiger charge is 2.37. The average Bonchev–Trinajstić information content (AvgIpc) is 1.74. The molecule has 520 valence electrons. The normalized spacial score (nSPS) is 14.3. The molecule has 2 aromatic heterocycles. The van der Waals surface area contributed by atoms with Crippen LogP contribution in [-0.4, -0.2) is 188 Å². The van der Waals surface area contributed by atoms with Gasteiger partial charge in [0.15, 0.2) is 0 Å². The molecule has 32 nitrogen and oxygen atoms in total. The Bertz CT molecular complexity index is 3210. The molecule has 0 aliphatic heterocycles. The van der Waals surface area contributed by atoms with Gasteiger partial charge in [0.2, 0.25) is 70.9 Å². The smallest absolute Gasteiger partial charge is 0.303 e. The number of nitrogens with two attached hydrogens (primary N) is 5. The zero-order chi connectivity index (χ0) is 70.0. The van der Waals surface area contributed by atoms with Gasteiger partial charge in [0, 0.05) is 73.1 Å². The summed E-state index contributed by atoms with van der Waals surface area (Å²) in [5.74, 6) is -12.9. The van der Waals surface area contributed by atoms with Crippen LogP contribution in [0.3, 0.4) is 0 Å². The van der Waals surface area contributed by atoms with Crippen LogP contribution in [0.4, 0.5) is 0 Å². The van der Waals surface area contributed by atoms with Crippen LogP contribution >= 0.6 is 25.3 Å². The van der Waals surface area contributed by atoms with Gasteiger partial charge in [-0.05, 0) is 101 Å². The third kappa shape index (κ3) is 27.4. The Morgan fingerprint density at radius 3 is 1.34 bits per heavy atom. The van der Waals surface area contributed by atoms with Crippen molar-refractivity contribution in [1.82, 2.24) is 68.1 Å². The van der Waals surface area contributed by atoms with Crippen molar-refractivity contribution in [3.05, 3.63) is 90.1 Å². The molecule has 0 saturated carbocycles. The van der Waals surface area contributed by atoms with E-state index < -0.39 is 162 Å². The molecule has 0 fully saturated rings. The number of thiol groups is 2. The number of carboxylic acids is 1. The maximum atomic E-state index is 14.4. The highest BCUT2D eigenvalue weighted by Crippen LogP contribution is 2.20. The number of amides is 12. The van der Waals surface area contributed by atoms with E-state index in [9.17, 15) is 67.4 Å². The lowest BCUT2D eigenvalue weighted by atomic mass is 10.0. The molecule has 10 atom stereocenters. The Morgan fingerprint density at radius 2 is 0.884 bits per heavy atom. The number of para-hydroxylation sites is 1. The third-order valence-corrected chi connectivity index (χ3v) is 15.8. The van der Waals surface area contributed by atoms with E-state index >= 15 is 0 Å². The number of aliphatic carboxylic acids is 1. The Labute approximate surface area is 559 Å². The molecule has 0 saturated heterocycles. The summed E-state index contributed by atoms with van der Waals surface area (Å²) in [6, 6.07) is 1.18. The van der Waals surface area contributed by atoms with Crippen LogP contribution in [0.25, 0.3) is 10.9 Å². The zero-order valence-corrected chi connectivity index (χ0v) is 54.6. The van der Waals surface area contributed by atoms with Crippen molar-refractivity contribution in [2.24, 2.45) is 28.7 Å². The van der Waals surface area contributed by atoms with E-state index in [2.05, 4.69) is 93.4 Å². The molecule has 0 radical (unpaired) electrons. The maximum Gasteiger partial charge on any atom is 0.303 e. The standard InChI is InChI=1S/C61H90N18O14S2/c1-34(80)70-48(31-94)60(92)73-40(17-7-10-22-62)53(85)71-41(18-8-11-23-63)54(86)77-46(27-37-30-67-33-69-37)58(90)79-49(32-95)61(93)74-43(20-21-51(82)83)56(88)72-42(19-9-12-24-64)55(87)78-47(28-50(65)81)59(91)76-45(26-36-29-68-39-16-6-5-15-38(36)39)57(89)75-44(52(66)84)25-35-13-3-2-4-14-35/h2-6,13-16,29-30,33,40-49,68,94-95H,7-12,17-28,31-32,62-64H2,1H3,(H2,65,81)(H2,66,84)(H,67,69)(H,70,80)(H,71,85)(H,72,88)(H,73,92)(H,74,93)(H,75,89)(H,76,91)(H,77,86)(H,78,87)(H,79,90)(H,82,83)/t40-,41-,42-,43-,44-,45-,46-,47-,48-,49-/m0/s1. The summed E-state index contributed by atoms with van der Waals surface area (Å²) in [6.07, 6.45) is 3.76. The second kappa shape index (κ2) is 41.6. The molecule has 0 bridgehead atoms. The molecule has 0 unspecified atom stereocenters. The number of nitrogens with zero attached hydrogens (tertiary/aromatic N) is 1. The molecule has 34 heteroatoms. The fraction of sp³-hybridized carbons (Fsp3) is 0.508. The molecule has 0 spiro atoms. The minimum atomic E-state index is -1.80. The number of hydrogen-bond donors (Lipinski definition) is 20. The van der Waals surface area contributed by atoms with Crippen molar-refractivity contribution in [2.45, 2.75) is 164 Å². The summed E-state index contributed by atoms with van der Waals surface area (Å²) in [6.45, 7) is 1.86. The fourth-order valence-corrected chi connectivity index (χ4v) is 10.5. The van der Waals surface area contributed by atoms with E-state index in [0.717, 1.165) is 0 Å². The number of nitrogens with one attached hydrogen (secondary N) is 12.